The lowest BCUT2D eigenvalue weighted by atomic mass is 10.1. The Kier molecular flexibility index (Phi) is 2.57. The quantitative estimate of drug-likeness (QED) is 0.639. The molecule has 0 saturated heterocycles. The van der Waals surface area contributed by atoms with E-state index in [9.17, 15) is 9.90 Å². The summed E-state index contributed by atoms with van der Waals surface area (Å²) in [6.45, 7) is 0.0923. The average Bonchev–Trinajstić information content (AvgIpc) is 2.26. The molecule has 1 atom stereocenters. The molecule has 0 unspecified atom stereocenters. The lowest BCUT2D eigenvalue weighted by Crippen LogP contribution is -2.26. The van der Waals surface area contributed by atoms with E-state index in [0.717, 1.165) is 0 Å². The Bertz CT molecular complexity index is 392. The number of fused-ring (bicyclic) bond motifs is 1. The van der Waals surface area contributed by atoms with Crippen molar-refractivity contribution < 1.29 is 14.6 Å². The Morgan fingerprint density at radius 2 is 2.40 bits per heavy atom. The van der Waals surface area contributed by atoms with Crippen LogP contribution in [0.3, 0.4) is 0 Å². The van der Waals surface area contributed by atoms with Crippen LogP contribution in [0.15, 0.2) is 18.2 Å². The maximum absolute atomic E-state index is 11.1. The Labute approximate surface area is 86.8 Å². The van der Waals surface area contributed by atoms with Crippen LogP contribution in [0.25, 0.3) is 0 Å². The van der Waals surface area contributed by atoms with Crippen molar-refractivity contribution in [2.75, 3.05) is 18.5 Å². The summed E-state index contributed by atoms with van der Waals surface area (Å²) in [4.78, 5) is 11.1. The first-order valence-electron chi connectivity index (χ1n) is 4.66. The second kappa shape index (κ2) is 3.88. The molecule has 0 bridgehead atoms. The van der Waals surface area contributed by atoms with Crippen molar-refractivity contribution in [1.29, 1.82) is 0 Å². The minimum atomic E-state index is -0.769. The fraction of sp³-hybridized carbons (Fsp3) is 0.300. The summed E-state index contributed by atoms with van der Waals surface area (Å²) in [6.07, 6.45) is -0.769. The molecule has 2 rings (SSSR count). The number of aliphatic hydroxyl groups is 1. The molecule has 80 valence electrons. The van der Waals surface area contributed by atoms with Gasteiger partial charge in [0.1, 0.15) is 5.75 Å². The van der Waals surface area contributed by atoms with Gasteiger partial charge in [0, 0.05) is 12.1 Å². The number of carbonyl (C=O) groups is 1. The topological polar surface area (TPSA) is 84.6 Å². The van der Waals surface area contributed by atoms with Crippen LogP contribution in [-0.2, 0) is 4.79 Å². The van der Waals surface area contributed by atoms with E-state index >= 15 is 0 Å². The number of amides is 1. The molecular weight excluding hydrogens is 196 g/mol. The van der Waals surface area contributed by atoms with E-state index in [0.29, 0.717) is 17.0 Å². The number of para-hydroxylation sites is 1. The van der Waals surface area contributed by atoms with E-state index in [2.05, 4.69) is 5.32 Å². The van der Waals surface area contributed by atoms with Gasteiger partial charge in [0.2, 0.25) is 0 Å². The highest BCUT2D eigenvalue weighted by molar-refractivity contribution is 5.95. The number of ether oxygens (including phenoxy) is 1. The molecule has 1 aromatic rings. The highest BCUT2D eigenvalue weighted by atomic mass is 16.5. The van der Waals surface area contributed by atoms with E-state index in [-0.39, 0.29) is 19.1 Å². The molecule has 0 fully saturated rings. The number of anilines is 1. The molecule has 1 aliphatic rings. The van der Waals surface area contributed by atoms with Crippen molar-refractivity contribution in [2.45, 2.75) is 6.10 Å². The van der Waals surface area contributed by atoms with Crippen LogP contribution in [0.1, 0.15) is 11.7 Å². The molecule has 1 heterocycles. The van der Waals surface area contributed by atoms with Gasteiger partial charge in [0.25, 0.3) is 5.91 Å². The minimum Gasteiger partial charge on any atom is -0.481 e. The molecule has 1 aliphatic heterocycles. The Morgan fingerprint density at radius 3 is 3.13 bits per heavy atom. The van der Waals surface area contributed by atoms with Crippen LogP contribution in [0.2, 0.25) is 0 Å². The zero-order valence-electron chi connectivity index (χ0n) is 8.06. The van der Waals surface area contributed by atoms with E-state index in [1.54, 1.807) is 18.2 Å². The SMILES string of the molecule is NC[C@H](O)c1cccc2c1OCC(=O)N2. The van der Waals surface area contributed by atoms with Gasteiger partial charge in [0.15, 0.2) is 6.61 Å². The first-order valence-corrected chi connectivity index (χ1v) is 4.66. The van der Waals surface area contributed by atoms with Crippen molar-refractivity contribution in [3.63, 3.8) is 0 Å². The summed E-state index contributed by atoms with van der Waals surface area (Å²) in [5.74, 6) is 0.317. The Hall–Kier alpha value is -1.59. The molecule has 0 spiro atoms. The first kappa shape index (κ1) is 9.95. The summed E-state index contributed by atoms with van der Waals surface area (Å²) < 4.78 is 5.26. The number of hydrogen-bond donors (Lipinski definition) is 3. The van der Waals surface area contributed by atoms with Gasteiger partial charge in [-0.05, 0) is 6.07 Å². The molecule has 1 amide bonds. The predicted octanol–water partition coefficient (Wildman–Crippen LogP) is 0.00960. The summed E-state index contributed by atoms with van der Waals surface area (Å²) >= 11 is 0. The fourth-order valence-electron chi connectivity index (χ4n) is 1.53. The lowest BCUT2D eigenvalue weighted by Gasteiger charge is -2.22. The highest BCUT2D eigenvalue weighted by Gasteiger charge is 2.21. The molecular formula is C10H12N2O3. The molecule has 4 N–H and O–H groups in total. The number of rotatable bonds is 2. The summed E-state index contributed by atoms with van der Waals surface area (Å²) in [7, 11) is 0. The van der Waals surface area contributed by atoms with Crippen molar-refractivity contribution in [3.05, 3.63) is 23.8 Å². The van der Waals surface area contributed by atoms with E-state index in [1.807, 2.05) is 0 Å². The molecule has 0 radical (unpaired) electrons. The van der Waals surface area contributed by atoms with Gasteiger partial charge in [-0.15, -0.1) is 0 Å². The zero-order chi connectivity index (χ0) is 10.8. The first-order chi connectivity index (χ1) is 7.22. The third-order valence-corrected chi connectivity index (χ3v) is 2.25. The zero-order valence-corrected chi connectivity index (χ0v) is 8.06. The van der Waals surface area contributed by atoms with Gasteiger partial charge in [0.05, 0.1) is 11.8 Å². The second-order valence-corrected chi connectivity index (χ2v) is 3.31. The van der Waals surface area contributed by atoms with Crippen molar-refractivity contribution >= 4 is 11.6 Å². The third kappa shape index (κ3) is 1.79. The fourth-order valence-corrected chi connectivity index (χ4v) is 1.53. The van der Waals surface area contributed by atoms with Crippen molar-refractivity contribution in [2.24, 2.45) is 5.73 Å². The number of nitrogens with two attached hydrogens (primary N) is 1. The molecule has 0 aliphatic carbocycles. The monoisotopic (exact) mass is 208 g/mol. The van der Waals surface area contributed by atoms with Crippen LogP contribution in [0, 0.1) is 0 Å². The molecule has 0 saturated carbocycles. The van der Waals surface area contributed by atoms with Gasteiger partial charge < -0.3 is 20.9 Å². The molecule has 5 heteroatoms. The lowest BCUT2D eigenvalue weighted by molar-refractivity contribution is -0.118. The number of nitrogens with one attached hydrogen (secondary N) is 1. The Morgan fingerprint density at radius 1 is 1.60 bits per heavy atom. The number of hydrogen-bond acceptors (Lipinski definition) is 4. The number of benzene rings is 1. The van der Waals surface area contributed by atoms with Gasteiger partial charge in [-0.25, -0.2) is 0 Å². The van der Waals surface area contributed by atoms with Gasteiger partial charge in [-0.3, -0.25) is 4.79 Å². The molecule has 15 heavy (non-hydrogen) atoms. The third-order valence-electron chi connectivity index (χ3n) is 2.25. The predicted molar refractivity (Wildman–Crippen MR) is 54.6 cm³/mol. The van der Waals surface area contributed by atoms with Gasteiger partial charge in [-0.1, -0.05) is 12.1 Å². The normalized spacial score (nSPS) is 16.3. The van der Waals surface area contributed by atoms with E-state index < -0.39 is 6.10 Å². The van der Waals surface area contributed by atoms with Gasteiger partial charge >= 0.3 is 0 Å². The van der Waals surface area contributed by atoms with Gasteiger partial charge in [-0.2, -0.15) is 0 Å². The maximum atomic E-state index is 11.1. The summed E-state index contributed by atoms with van der Waals surface area (Å²) in [6, 6.07) is 5.19. The average molecular weight is 208 g/mol. The number of carbonyl (C=O) groups excluding carboxylic acids is 1. The van der Waals surface area contributed by atoms with Crippen LogP contribution in [0.5, 0.6) is 5.75 Å². The smallest absolute Gasteiger partial charge is 0.262 e. The molecule has 0 aromatic heterocycles. The molecule has 1 aromatic carbocycles. The van der Waals surface area contributed by atoms with Crippen molar-refractivity contribution in [1.82, 2.24) is 0 Å². The van der Waals surface area contributed by atoms with Crippen LogP contribution in [0.4, 0.5) is 5.69 Å². The number of aliphatic hydroxyl groups excluding tert-OH is 1. The standard InChI is InChI=1S/C10H12N2O3/c11-4-8(13)6-2-1-3-7-10(6)15-5-9(14)12-7/h1-3,8,13H,4-5,11H2,(H,12,14)/t8-/m0/s1. The van der Waals surface area contributed by atoms with Crippen LogP contribution < -0.4 is 15.8 Å². The van der Waals surface area contributed by atoms with Crippen LogP contribution in [-0.4, -0.2) is 24.2 Å². The second-order valence-electron chi connectivity index (χ2n) is 3.31. The largest absolute Gasteiger partial charge is 0.481 e. The summed E-state index contributed by atoms with van der Waals surface area (Å²) in [5.41, 5.74) is 6.56. The van der Waals surface area contributed by atoms with Crippen molar-refractivity contribution in [3.8, 4) is 5.75 Å². The maximum Gasteiger partial charge on any atom is 0.262 e. The highest BCUT2D eigenvalue weighted by Crippen LogP contribution is 2.34. The summed E-state index contributed by atoms with van der Waals surface area (Å²) in [5, 5.41) is 12.3. The minimum absolute atomic E-state index is 0.0265. The van der Waals surface area contributed by atoms with E-state index in [4.69, 9.17) is 10.5 Å². The van der Waals surface area contributed by atoms with Crippen LogP contribution >= 0.6 is 0 Å². The Balaban J connectivity index is 2.41. The molecule has 5 nitrogen and oxygen atoms in total. The van der Waals surface area contributed by atoms with E-state index in [1.165, 1.54) is 0 Å².